The molecule has 0 radical (unpaired) electrons. The summed E-state index contributed by atoms with van der Waals surface area (Å²) in [7, 11) is 0. The number of hydrogen-bond acceptors (Lipinski definition) is 3. The molecule has 0 saturated carbocycles. The SMILES string of the molecule is Cc1sccc1-c1ncn[nH]1. The van der Waals surface area contributed by atoms with Gasteiger partial charge < -0.3 is 0 Å². The third-order valence-electron chi connectivity index (χ3n) is 1.53. The molecule has 3 nitrogen and oxygen atoms in total. The van der Waals surface area contributed by atoms with Crippen LogP contribution in [-0.4, -0.2) is 15.2 Å². The Hall–Kier alpha value is -1.16. The molecule has 2 aromatic rings. The molecule has 1 N–H and O–H groups in total. The standard InChI is InChI=1S/C7H7N3S/c1-5-6(2-3-11-5)7-8-4-9-10-7/h2-4H,1H3,(H,8,9,10). The van der Waals surface area contributed by atoms with Gasteiger partial charge in [-0.1, -0.05) is 0 Å². The van der Waals surface area contributed by atoms with Crippen molar-refractivity contribution in [1.82, 2.24) is 15.2 Å². The van der Waals surface area contributed by atoms with E-state index in [1.54, 1.807) is 11.3 Å². The first-order chi connectivity index (χ1) is 5.38. The van der Waals surface area contributed by atoms with Crippen molar-refractivity contribution in [3.63, 3.8) is 0 Å². The van der Waals surface area contributed by atoms with Crippen molar-refractivity contribution in [2.75, 3.05) is 0 Å². The topological polar surface area (TPSA) is 41.6 Å². The summed E-state index contributed by atoms with van der Waals surface area (Å²) in [4.78, 5) is 5.33. The molecule has 0 aromatic carbocycles. The van der Waals surface area contributed by atoms with Gasteiger partial charge in [0.15, 0.2) is 5.82 Å². The zero-order valence-corrected chi connectivity index (χ0v) is 6.85. The van der Waals surface area contributed by atoms with E-state index in [2.05, 4.69) is 22.1 Å². The minimum Gasteiger partial charge on any atom is -0.259 e. The lowest BCUT2D eigenvalue weighted by Crippen LogP contribution is -1.78. The van der Waals surface area contributed by atoms with Gasteiger partial charge in [0.25, 0.3) is 0 Å². The summed E-state index contributed by atoms with van der Waals surface area (Å²) >= 11 is 1.71. The van der Waals surface area contributed by atoms with Crippen molar-refractivity contribution in [3.8, 4) is 11.4 Å². The van der Waals surface area contributed by atoms with E-state index in [1.807, 2.05) is 11.4 Å². The fourth-order valence-corrected chi connectivity index (χ4v) is 1.67. The first-order valence-electron chi connectivity index (χ1n) is 3.28. The van der Waals surface area contributed by atoms with Crippen LogP contribution in [0.15, 0.2) is 17.8 Å². The van der Waals surface area contributed by atoms with E-state index in [1.165, 1.54) is 11.2 Å². The quantitative estimate of drug-likeness (QED) is 0.700. The molecule has 4 heteroatoms. The highest BCUT2D eigenvalue weighted by Gasteiger charge is 2.03. The Morgan fingerprint density at radius 2 is 2.45 bits per heavy atom. The molecule has 56 valence electrons. The number of nitrogens with one attached hydrogen (secondary N) is 1. The number of H-pyrrole nitrogens is 1. The zero-order chi connectivity index (χ0) is 7.68. The fourth-order valence-electron chi connectivity index (χ4n) is 0.966. The summed E-state index contributed by atoms with van der Waals surface area (Å²) in [6.45, 7) is 2.07. The Morgan fingerprint density at radius 1 is 1.55 bits per heavy atom. The van der Waals surface area contributed by atoms with Gasteiger partial charge >= 0.3 is 0 Å². The van der Waals surface area contributed by atoms with Crippen LogP contribution in [0.5, 0.6) is 0 Å². The lowest BCUT2D eigenvalue weighted by atomic mass is 10.2. The fraction of sp³-hybridized carbons (Fsp3) is 0.143. The average molecular weight is 165 g/mol. The van der Waals surface area contributed by atoms with Crippen LogP contribution in [0.1, 0.15) is 4.88 Å². The van der Waals surface area contributed by atoms with Gasteiger partial charge in [-0.3, -0.25) is 5.10 Å². The second kappa shape index (κ2) is 2.47. The Labute approximate surface area is 68.1 Å². The number of aromatic amines is 1. The van der Waals surface area contributed by atoms with E-state index in [0.717, 1.165) is 11.4 Å². The molecule has 2 heterocycles. The van der Waals surface area contributed by atoms with Crippen LogP contribution < -0.4 is 0 Å². The van der Waals surface area contributed by atoms with Gasteiger partial charge in [-0.25, -0.2) is 4.98 Å². The molecular weight excluding hydrogens is 158 g/mol. The van der Waals surface area contributed by atoms with Crippen molar-refractivity contribution in [1.29, 1.82) is 0 Å². The van der Waals surface area contributed by atoms with Gasteiger partial charge in [0.2, 0.25) is 0 Å². The molecular formula is C7H7N3S. The first-order valence-corrected chi connectivity index (χ1v) is 4.16. The molecule has 0 bridgehead atoms. The van der Waals surface area contributed by atoms with Crippen molar-refractivity contribution < 1.29 is 0 Å². The summed E-state index contributed by atoms with van der Waals surface area (Å²) in [5.74, 6) is 0.851. The Balaban J connectivity index is 2.53. The number of aryl methyl sites for hydroxylation is 1. The summed E-state index contributed by atoms with van der Waals surface area (Å²) in [5.41, 5.74) is 1.15. The van der Waals surface area contributed by atoms with Crippen LogP contribution in [0, 0.1) is 6.92 Å². The monoisotopic (exact) mass is 165 g/mol. The Kier molecular flexibility index (Phi) is 1.47. The molecule has 0 fully saturated rings. The maximum absolute atomic E-state index is 4.06. The normalized spacial score (nSPS) is 10.3. The van der Waals surface area contributed by atoms with E-state index < -0.39 is 0 Å². The smallest absolute Gasteiger partial charge is 0.156 e. The van der Waals surface area contributed by atoms with Crippen molar-refractivity contribution in [2.45, 2.75) is 6.92 Å². The van der Waals surface area contributed by atoms with E-state index in [4.69, 9.17) is 0 Å². The van der Waals surface area contributed by atoms with Crippen molar-refractivity contribution in [2.24, 2.45) is 0 Å². The van der Waals surface area contributed by atoms with Gasteiger partial charge in [-0.05, 0) is 18.4 Å². The van der Waals surface area contributed by atoms with E-state index in [-0.39, 0.29) is 0 Å². The van der Waals surface area contributed by atoms with Crippen LogP contribution in [0.25, 0.3) is 11.4 Å². The molecule has 0 amide bonds. The van der Waals surface area contributed by atoms with Crippen molar-refractivity contribution >= 4 is 11.3 Å². The lowest BCUT2D eigenvalue weighted by Gasteiger charge is -1.90. The second-order valence-corrected chi connectivity index (χ2v) is 3.34. The molecule has 0 atom stereocenters. The van der Waals surface area contributed by atoms with Crippen molar-refractivity contribution in [3.05, 3.63) is 22.7 Å². The van der Waals surface area contributed by atoms with Gasteiger partial charge in [0.1, 0.15) is 6.33 Å². The first kappa shape index (κ1) is 6.54. The highest BCUT2D eigenvalue weighted by atomic mass is 32.1. The van der Waals surface area contributed by atoms with Gasteiger partial charge in [0.05, 0.1) is 0 Å². The number of hydrogen-bond donors (Lipinski definition) is 1. The Morgan fingerprint density at radius 3 is 3.00 bits per heavy atom. The maximum Gasteiger partial charge on any atom is 0.156 e. The predicted molar refractivity (Wildman–Crippen MR) is 44.4 cm³/mol. The summed E-state index contributed by atoms with van der Waals surface area (Å²) in [6.07, 6.45) is 1.52. The zero-order valence-electron chi connectivity index (χ0n) is 6.03. The van der Waals surface area contributed by atoms with Gasteiger partial charge in [0, 0.05) is 10.4 Å². The highest BCUT2D eigenvalue weighted by molar-refractivity contribution is 7.10. The summed E-state index contributed by atoms with van der Waals surface area (Å²) in [6, 6.07) is 2.04. The van der Waals surface area contributed by atoms with Crippen LogP contribution in [0.3, 0.4) is 0 Å². The minimum atomic E-state index is 0.851. The van der Waals surface area contributed by atoms with E-state index in [0.29, 0.717) is 0 Å². The molecule has 0 aliphatic carbocycles. The minimum absolute atomic E-state index is 0.851. The Bertz CT molecular complexity index is 336. The van der Waals surface area contributed by atoms with Crippen LogP contribution in [0.2, 0.25) is 0 Å². The average Bonchev–Trinajstić information content (AvgIpc) is 2.55. The molecule has 0 unspecified atom stereocenters. The molecule has 0 saturated heterocycles. The van der Waals surface area contributed by atoms with Gasteiger partial charge in [-0.15, -0.1) is 11.3 Å². The largest absolute Gasteiger partial charge is 0.259 e. The molecule has 2 rings (SSSR count). The molecule has 0 aliphatic rings. The number of aromatic nitrogens is 3. The highest BCUT2D eigenvalue weighted by Crippen LogP contribution is 2.23. The van der Waals surface area contributed by atoms with Crippen LogP contribution in [-0.2, 0) is 0 Å². The molecule has 0 aliphatic heterocycles. The summed E-state index contributed by atoms with van der Waals surface area (Å²) in [5, 5.41) is 8.66. The van der Waals surface area contributed by atoms with E-state index in [9.17, 15) is 0 Å². The van der Waals surface area contributed by atoms with Crippen LogP contribution >= 0.6 is 11.3 Å². The predicted octanol–water partition coefficient (Wildman–Crippen LogP) is 1.84. The van der Waals surface area contributed by atoms with E-state index >= 15 is 0 Å². The molecule has 11 heavy (non-hydrogen) atoms. The third kappa shape index (κ3) is 1.05. The maximum atomic E-state index is 4.06. The molecule has 0 spiro atoms. The number of thiophene rings is 1. The second-order valence-electron chi connectivity index (χ2n) is 2.22. The molecule has 2 aromatic heterocycles. The third-order valence-corrected chi connectivity index (χ3v) is 2.37. The lowest BCUT2D eigenvalue weighted by molar-refractivity contribution is 1.09. The number of nitrogens with zero attached hydrogens (tertiary/aromatic N) is 2. The van der Waals surface area contributed by atoms with Gasteiger partial charge in [-0.2, -0.15) is 5.10 Å². The van der Waals surface area contributed by atoms with Crippen LogP contribution in [0.4, 0.5) is 0 Å². The number of rotatable bonds is 1. The summed E-state index contributed by atoms with van der Waals surface area (Å²) < 4.78 is 0.